The van der Waals surface area contributed by atoms with Crippen molar-refractivity contribution in [2.45, 2.75) is 18.4 Å². The number of carboxylic acids is 3. The molecule has 0 radical (unpaired) electrons. The fourth-order valence-corrected chi connectivity index (χ4v) is 0.684. The van der Waals surface area contributed by atoms with E-state index in [0.717, 1.165) is 0 Å². The molecule has 0 aromatic rings. The molecule has 0 saturated heterocycles. The van der Waals surface area contributed by atoms with Crippen molar-refractivity contribution < 1.29 is 54.0 Å². The third kappa shape index (κ3) is 12.5. The second-order valence-corrected chi connectivity index (χ2v) is 3.92. The minimum Gasteiger partial charge on any atom is -0.894 e. The molecule has 1 N–H and O–H groups in total. The maximum Gasteiger partial charge on any atom is 0.114 e. The molecular formula is C6H5O11Si-7. The summed E-state index contributed by atoms with van der Waals surface area (Å²) in [5, 5.41) is 38.9. The average Bonchev–Trinajstić information content (AvgIpc) is 1.95. The highest BCUT2D eigenvalue weighted by Crippen LogP contribution is 2.13. The molecule has 0 aliphatic heterocycles. The number of carbonyl (C=O) groups excluding carboxylic acids is 3. The van der Waals surface area contributed by atoms with E-state index in [1.807, 2.05) is 0 Å². The van der Waals surface area contributed by atoms with Gasteiger partial charge in [0.15, 0.2) is 0 Å². The summed E-state index contributed by atoms with van der Waals surface area (Å²) >= 11 is 0. The summed E-state index contributed by atoms with van der Waals surface area (Å²) in [4.78, 5) is 64.3. The van der Waals surface area contributed by atoms with E-state index >= 15 is 0 Å². The molecule has 0 spiro atoms. The third-order valence-corrected chi connectivity index (χ3v) is 1.25. The Labute approximate surface area is 100 Å². The molecular weight excluding hydrogens is 276 g/mol. The zero-order valence-corrected chi connectivity index (χ0v) is 9.44. The Kier molecular flexibility index (Phi) is 7.30. The molecule has 0 fully saturated rings. The van der Waals surface area contributed by atoms with Crippen molar-refractivity contribution in [3.8, 4) is 0 Å². The topological polar surface area (TPSA) is 233 Å². The summed E-state index contributed by atoms with van der Waals surface area (Å²) < 4.78 is 0. The highest BCUT2D eigenvalue weighted by molar-refractivity contribution is 6.38. The lowest BCUT2D eigenvalue weighted by Crippen LogP contribution is -2.82. The van der Waals surface area contributed by atoms with Crippen molar-refractivity contribution in [1.82, 2.24) is 0 Å². The number of hydrogen-bond donors (Lipinski definition) is 1. The standard InChI is InChI=1S/C6H8O7.O4Si/c7-3(8)1-6(13,5(11)12)2-4(9)10;1-5(2,3)4/h13H,1-2H2,(H,7,8)(H,9,10)(H,11,12);/q;-4/p-3. The van der Waals surface area contributed by atoms with E-state index in [2.05, 4.69) is 0 Å². The van der Waals surface area contributed by atoms with Crippen LogP contribution in [0.2, 0.25) is 0 Å². The van der Waals surface area contributed by atoms with Crippen molar-refractivity contribution in [2.75, 3.05) is 0 Å². The van der Waals surface area contributed by atoms with Crippen molar-refractivity contribution >= 4 is 27.0 Å². The monoisotopic (exact) mass is 281 g/mol. The van der Waals surface area contributed by atoms with Gasteiger partial charge in [0, 0.05) is 24.8 Å². The van der Waals surface area contributed by atoms with Crippen molar-refractivity contribution in [3.05, 3.63) is 0 Å². The molecule has 0 aromatic carbocycles. The lowest BCUT2D eigenvalue weighted by Gasteiger charge is -2.67. The Hall–Kier alpha value is -1.57. The number of carbonyl (C=O) groups is 3. The summed E-state index contributed by atoms with van der Waals surface area (Å²) in [5.74, 6) is -5.98. The van der Waals surface area contributed by atoms with Crippen molar-refractivity contribution in [2.24, 2.45) is 0 Å². The van der Waals surface area contributed by atoms with Crippen LogP contribution >= 0.6 is 0 Å². The smallest absolute Gasteiger partial charge is 0.114 e. The van der Waals surface area contributed by atoms with Gasteiger partial charge in [-0.15, -0.1) is 0 Å². The van der Waals surface area contributed by atoms with Gasteiger partial charge < -0.3 is 63.0 Å². The quantitative estimate of drug-likeness (QED) is 0.464. The second-order valence-electron chi connectivity index (χ2n) is 2.92. The molecule has 0 aliphatic rings. The highest BCUT2D eigenvalue weighted by atomic mass is 28.4. The van der Waals surface area contributed by atoms with E-state index in [4.69, 9.17) is 24.3 Å². The summed E-state index contributed by atoms with van der Waals surface area (Å²) in [6, 6.07) is 0. The Bertz CT molecular complexity index is 296. The van der Waals surface area contributed by atoms with Crippen LogP contribution < -0.4 is 34.5 Å². The molecule has 11 nitrogen and oxygen atoms in total. The Morgan fingerprint density at radius 2 is 1.11 bits per heavy atom. The van der Waals surface area contributed by atoms with Crippen LogP contribution in [0.3, 0.4) is 0 Å². The number of hydrogen-bond acceptors (Lipinski definition) is 11. The van der Waals surface area contributed by atoms with Gasteiger partial charge in [-0.05, 0) is 0 Å². The molecule has 0 heterocycles. The number of carboxylic acid groups (broad SMARTS) is 3. The van der Waals surface area contributed by atoms with Crippen LogP contribution in [-0.4, -0.2) is 37.7 Å². The first-order chi connectivity index (χ1) is 7.78. The number of aliphatic carboxylic acids is 3. The fraction of sp³-hybridized carbons (Fsp3) is 0.500. The van der Waals surface area contributed by atoms with Crippen LogP contribution in [0.5, 0.6) is 0 Å². The minimum absolute atomic E-state index is 1.36. The average molecular weight is 281 g/mol. The maximum absolute atomic E-state index is 10.1. The van der Waals surface area contributed by atoms with Gasteiger partial charge in [-0.1, -0.05) is 0 Å². The molecule has 0 rings (SSSR count). The van der Waals surface area contributed by atoms with E-state index in [1.165, 1.54) is 0 Å². The van der Waals surface area contributed by atoms with Crippen LogP contribution in [0.15, 0.2) is 0 Å². The number of aliphatic hydroxyl groups is 1. The largest absolute Gasteiger partial charge is 0.894 e. The zero-order chi connectivity index (χ0) is 15.1. The Morgan fingerprint density at radius 3 is 1.22 bits per heavy atom. The molecule has 12 heteroatoms. The second kappa shape index (κ2) is 6.99. The van der Waals surface area contributed by atoms with Gasteiger partial charge in [0.1, 0.15) is 5.60 Å². The van der Waals surface area contributed by atoms with E-state index < -0.39 is 45.4 Å². The molecule has 0 unspecified atom stereocenters. The fourth-order valence-electron chi connectivity index (χ4n) is 0.684. The van der Waals surface area contributed by atoms with Crippen LogP contribution in [0.1, 0.15) is 12.8 Å². The molecule has 0 bridgehead atoms. The lowest BCUT2D eigenvalue weighted by molar-refractivity contribution is -0.624. The van der Waals surface area contributed by atoms with E-state index in [0.29, 0.717) is 0 Å². The molecule has 0 saturated carbocycles. The number of rotatable bonds is 5. The van der Waals surface area contributed by atoms with Gasteiger partial charge in [0.2, 0.25) is 0 Å². The SMILES string of the molecule is O=C([O-])CC(O)(CC(=O)[O-])C(=O)[O-].[O-][Si]([O-])([O-])[O-]. The predicted molar refractivity (Wildman–Crippen MR) is 35.0 cm³/mol. The first-order valence-corrected chi connectivity index (χ1v) is 5.56. The summed E-state index contributed by atoms with van der Waals surface area (Å²) in [7, 11) is -5.61. The van der Waals surface area contributed by atoms with E-state index in [9.17, 15) is 29.7 Å². The molecule has 18 heavy (non-hydrogen) atoms. The van der Waals surface area contributed by atoms with Gasteiger partial charge in [-0.3, -0.25) is 0 Å². The molecule has 0 aromatic heterocycles. The third-order valence-electron chi connectivity index (χ3n) is 1.25. The minimum atomic E-state index is -5.61. The Balaban J connectivity index is 0. The summed E-state index contributed by atoms with van der Waals surface area (Å²) in [5.41, 5.74) is -2.97. The molecule has 106 valence electrons. The van der Waals surface area contributed by atoms with Crippen LogP contribution in [0.25, 0.3) is 0 Å². The maximum atomic E-state index is 10.1. The highest BCUT2D eigenvalue weighted by Gasteiger charge is 2.29. The van der Waals surface area contributed by atoms with E-state index in [-0.39, 0.29) is 0 Å². The zero-order valence-electron chi connectivity index (χ0n) is 8.44. The van der Waals surface area contributed by atoms with Crippen molar-refractivity contribution in [3.63, 3.8) is 0 Å². The molecule has 0 amide bonds. The van der Waals surface area contributed by atoms with Crippen LogP contribution in [0, 0.1) is 0 Å². The van der Waals surface area contributed by atoms with Gasteiger partial charge in [0.05, 0.1) is 5.97 Å². The predicted octanol–water partition coefficient (Wildman–Crippen LogP) is -10.4. The van der Waals surface area contributed by atoms with Crippen LogP contribution in [0.4, 0.5) is 0 Å². The first-order valence-electron chi connectivity index (χ1n) is 3.93. The molecule has 0 atom stereocenters. The van der Waals surface area contributed by atoms with Crippen LogP contribution in [-0.2, 0) is 14.4 Å². The van der Waals surface area contributed by atoms with Crippen molar-refractivity contribution in [1.29, 1.82) is 0 Å². The first kappa shape index (κ1) is 18.8. The summed E-state index contributed by atoms with van der Waals surface area (Å²) in [6.07, 6.45) is -2.72. The van der Waals surface area contributed by atoms with Gasteiger partial charge >= 0.3 is 0 Å². The lowest BCUT2D eigenvalue weighted by atomic mass is 9.96. The van der Waals surface area contributed by atoms with Gasteiger partial charge in [0.25, 0.3) is 0 Å². The molecule has 0 aliphatic carbocycles. The van der Waals surface area contributed by atoms with Gasteiger partial charge in [-0.2, -0.15) is 0 Å². The normalized spacial score (nSPS) is 11.2. The Morgan fingerprint density at radius 1 is 0.889 bits per heavy atom. The van der Waals surface area contributed by atoms with E-state index in [1.54, 1.807) is 0 Å². The van der Waals surface area contributed by atoms with Gasteiger partial charge in [-0.25, -0.2) is 0 Å². The summed E-state index contributed by atoms with van der Waals surface area (Å²) in [6.45, 7) is 0.